The number of hydrogen-bond acceptors (Lipinski definition) is 3. The molecule has 0 spiro atoms. The molecule has 0 heterocycles. The maximum atomic E-state index is 12.1. The lowest BCUT2D eigenvalue weighted by molar-refractivity contribution is 0.0934. The standard InChI is InChI=1S/C13H18ClNO2/c1-4-15(5-2)9-12(16)11-8-10(14)6-7-13(11)17-3/h6-8H,4-5,9H2,1-3H3. The Morgan fingerprint density at radius 1 is 1.35 bits per heavy atom. The molecule has 0 atom stereocenters. The fourth-order valence-electron chi connectivity index (χ4n) is 1.63. The van der Waals surface area contributed by atoms with Crippen LogP contribution in [0.5, 0.6) is 5.75 Å². The Bertz CT molecular complexity index is 389. The van der Waals surface area contributed by atoms with E-state index >= 15 is 0 Å². The van der Waals surface area contributed by atoms with Gasteiger partial charge in [0.15, 0.2) is 5.78 Å². The summed E-state index contributed by atoms with van der Waals surface area (Å²) in [5, 5.41) is 0.550. The number of rotatable bonds is 6. The highest BCUT2D eigenvalue weighted by molar-refractivity contribution is 6.31. The molecule has 1 aromatic carbocycles. The number of ketones is 1. The lowest BCUT2D eigenvalue weighted by Crippen LogP contribution is -2.29. The number of halogens is 1. The third kappa shape index (κ3) is 3.72. The highest BCUT2D eigenvalue weighted by atomic mass is 35.5. The molecule has 0 radical (unpaired) electrons. The van der Waals surface area contributed by atoms with Crippen LogP contribution >= 0.6 is 11.6 Å². The van der Waals surface area contributed by atoms with Gasteiger partial charge in [-0.25, -0.2) is 0 Å². The van der Waals surface area contributed by atoms with Crippen LogP contribution in [0.4, 0.5) is 0 Å². The highest BCUT2D eigenvalue weighted by Crippen LogP contribution is 2.23. The Morgan fingerprint density at radius 3 is 2.53 bits per heavy atom. The van der Waals surface area contributed by atoms with Crippen molar-refractivity contribution in [2.75, 3.05) is 26.7 Å². The van der Waals surface area contributed by atoms with Gasteiger partial charge in [-0.05, 0) is 31.3 Å². The summed E-state index contributed by atoms with van der Waals surface area (Å²) >= 11 is 5.90. The van der Waals surface area contributed by atoms with Gasteiger partial charge in [-0.1, -0.05) is 25.4 Å². The van der Waals surface area contributed by atoms with Gasteiger partial charge in [0.25, 0.3) is 0 Å². The van der Waals surface area contributed by atoms with Crippen molar-refractivity contribution in [2.24, 2.45) is 0 Å². The Morgan fingerprint density at radius 2 is 2.00 bits per heavy atom. The summed E-state index contributed by atoms with van der Waals surface area (Å²) < 4.78 is 5.17. The Labute approximate surface area is 107 Å². The van der Waals surface area contributed by atoms with E-state index in [1.807, 2.05) is 13.8 Å². The van der Waals surface area contributed by atoms with Crippen LogP contribution in [0.25, 0.3) is 0 Å². The molecule has 0 aliphatic carbocycles. The van der Waals surface area contributed by atoms with Gasteiger partial charge in [0.2, 0.25) is 0 Å². The quantitative estimate of drug-likeness (QED) is 0.732. The molecule has 4 heteroatoms. The van der Waals surface area contributed by atoms with Crippen molar-refractivity contribution in [3.05, 3.63) is 28.8 Å². The first-order valence-corrected chi connectivity index (χ1v) is 6.09. The minimum atomic E-state index is 0.0352. The molecule has 0 fully saturated rings. The molecule has 0 unspecified atom stereocenters. The largest absolute Gasteiger partial charge is 0.496 e. The summed E-state index contributed by atoms with van der Waals surface area (Å²) in [6.45, 7) is 6.16. The molecule has 0 saturated carbocycles. The van der Waals surface area contributed by atoms with Crippen molar-refractivity contribution in [1.29, 1.82) is 0 Å². The number of carbonyl (C=O) groups is 1. The van der Waals surface area contributed by atoms with Crippen LogP contribution < -0.4 is 4.74 Å². The zero-order chi connectivity index (χ0) is 12.8. The lowest BCUT2D eigenvalue weighted by Gasteiger charge is -2.17. The van der Waals surface area contributed by atoms with Gasteiger partial charge in [0.05, 0.1) is 19.2 Å². The van der Waals surface area contributed by atoms with E-state index in [4.69, 9.17) is 16.3 Å². The smallest absolute Gasteiger partial charge is 0.180 e. The second kappa shape index (κ2) is 6.62. The van der Waals surface area contributed by atoms with Crippen LogP contribution in [0.15, 0.2) is 18.2 Å². The minimum absolute atomic E-state index is 0.0352. The first-order chi connectivity index (χ1) is 8.12. The highest BCUT2D eigenvalue weighted by Gasteiger charge is 2.15. The molecule has 1 rings (SSSR count). The summed E-state index contributed by atoms with van der Waals surface area (Å²) in [4.78, 5) is 14.2. The number of nitrogens with zero attached hydrogens (tertiary/aromatic N) is 1. The third-order valence-electron chi connectivity index (χ3n) is 2.72. The number of ether oxygens (including phenoxy) is 1. The summed E-state index contributed by atoms with van der Waals surface area (Å²) in [6.07, 6.45) is 0. The third-order valence-corrected chi connectivity index (χ3v) is 2.96. The van der Waals surface area contributed by atoms with Crippen LogP contribution in [-0.4, -0.2) is 37.4 Å². The summed E-state index contributed by atoms with van der Waals surface area (Å²) in [7, 11) is 1.55. The molecule has 94 valence electrons. The van der Waals surface area contributed by atoms with Gasteiger partial charge < -0.3 is 4.74 Å². The van der Waals surface area contributed by atoms with Gasteiger partial charge in [0, 0.05) is 5.02 Å². The van der Waals surface area contributed by atoms with E-state index in [-0.39, 0.29) is 5.78 Å². The molecule has 17 heavy (non-hydrogen) atoms. The van der Waals surface area contributed by atoms with Crippen LogP contribution in [0.1, 0.15) is 24.2 Å². The molecular weight excluding hydrogens is 238 g/mol. The van der Waals surface area contributed by atoms with Crippen molar-refractivity contribution in [3.63, 3.8) is 0 Å². The first kappa shape index (κ1) is 14.0. The number of carbonyl (C=O) groups excluding carboxylic acids is 1. The fourth-order valence-corrected chi connectivity index (χ4v) is 1.81. The van der Waals surface area contributed by atoms with Crippen molar-refractivity contribution in [2.45, 2.75) is 13.8 Å². The topological polar surface area (TPSA) is 29.5 Å². The second-order valence-corrected chi connectivity index (χ2v) is 4.17. The summed E-state index contributed by atoms with van der Waals surface area (Å²) in [6, 6.07) is 5.10. The Hall–Kier alpha value is -1.06. The van der Waals surface area contributed by atoms with Crippen LogP contribution in [0, 0.1) is 0 Å². The van der Waals surface area contributed by atoms with E-state index in [9.17, 15) is 4.79 Å². The Kier molecular flexibility index (Phi) is 5.45. The molecule has 1 aromatic rings. The molecule has 0 aliphatic rings. The number of Topliss-reactive ketones (excluding diaryl/α,β-unsaturated/α-hetero) is 1. The summed E-state index contributed by atoms with van der Waals surface area (Å²) in [5.74, 6) is 0.611. The molecule has 0 aliphatic heterocycles. The van der Waals surface area contributed by atoms with Gasteiger partial charge in [-0.15, -0.1) is 0 Å². The molecule has 0 amide bonds. The average molecular weight is 256 g/mol. The number of methoxy groups -OCH3 is 1. The Balaban J connectivity index is 2.90. The maximum Gasteiger partial charge on any atom is 0.180 e. The SMILES string of the molecule is CCN(CC)CC(=O)c1cc(Cl)ccc1OC. The van der Waals surface area contributed by atoms with Crippen LogP contribution in [0.2, 0.25) is 5.02 Å². The molecule has 0 bridgehead atoms. The molecule has 0 N–H and O–H groups in total. The number of likely N-dealkylation sites (N-methyl/N-ethyl adjacent to an activating group) is 1. The zero-order valence-corrected chi connectivity index (χ0v) is 11.3. The van der Waals surface area contributed by atoms with E-state index in [1.165, 1.54) is 0 Å². The zero-order valence-electron chi connectivity index (χ0n) is 10.5. The van der Waals surface area contributed by atoms with Crippen molar-refractivity contribution < 1.29 is 9.53 Å². The van der Waals surface area contributed by atoms with Gasteiger partial charge in [-0.3, -0.25) is 9.69 Å². The van der Waals surface area contributed by atoms with E-state index in [1.54, 1.807) is 25.3 Å². The lowest BCUT2D eigenvalue weighted by atomic mass is 10.1. The monoisotopic (exact) mass is 255 g/mol. The average Bonchev–Trinajstić information content (AvgIpc) is 2.35. The minimum Gasteiger partial charge on any atom is -0.496 e. The van der Waals surface area contributed by atoms with E-state index < -0.39 is 0 Å². The number of benzene rings is 1. The maximum absolute atomic E-state index is 12.1. The summed E-state index contributed by atoms with van der Waals surface area (Å²) in [5.41, 5.74) is 0.548. The van der Waals surface area contributed by atoms with E-state index in [0.29, 0.717) is 22.9 Å². The van der Waals surface area contributed by atoms with Gasteiger partial charge in [0.1, 0.15) is 5.75 Å². The van der Waals surface area contributed by atoms with Crippen molar-refractivity contribution in [3.8, 4) is 5.75 Å². The van der Waals surface area contributed by atoms with Crippen LogP contribution in [0.3, 0.4) is 0 Å². The first-order valence-electron chi connectivity index (χ1n) is 5.71. The van der Waals surface area contributed by atoms with Crippen molar-refractivity contribution in [1.82, 2.24) is 4.90 Å². The number of hydrogen-bond donors (Lipinski definition) is 0. The van der Waals surface area contributed by atoms with Crippen molar-refractivity contribution >= 4 is 17.4 Å². The molecular formula is C13H18ClNO2. The van der Waals surface area contributed by atoms with Gasteiger partial charge >= 0.3 is 0 Å². The van der Waals surface area contributed by atoms with E-state index in [2.05, 4.69) is 4.90 Å². The van der Waals surface area contributed by atoms with E-state index in [0.717, 1.165) is 13.1 Å². The second-order valence-electron chi connectivity index (χ2n) is 3.73. The predicted octanol–water partition coefficient (Wildman–Crippen LogP) is 2.87. The fraction of sp³-hybridized carbons (Fsp3) is 0.462. The molecule has 0 aromatic heterocycles. The molecule has 0 saturated heterocycles. The van der Waals surface area contributed by atoms with Crippen LogP contribution in [-0.2, 0) is 0 Å². The predicted molar refractivity (Wildman–Crippen MR) is 70.1 cm³/mol. The normalized spacial score (nSPS) is 10.6. The molecule has 3 nitrogen and oxygen atoms in total. The van der Waals surface area contributed by atoms with Gasteiger partial charge in [-0.2, -0.15) is 0 Å².